The van der Waals surface area contributed by atoms with Crippen LogP contribution in [-0.2, 0) is 20.4 Å². The van der Waals surface area contributed by atoms with Gasteiger partial charge in [0.15, 0.2) is 0 Å². The summed E-state index contributed by atoms with van der Waals surface area (Å²) in [6.07, 6.45) is 2.42. The molecule has 0 spiro atoms. The molecule has 1 saturated heterocycles. The Labute approximate surface area is 104 Å². The maximum atomic E-state index is 11.7. The number of hydrogen-bond donors (Lipinski definition) is 2. The van der Waals surface area contributed by atoms with Crippen LogP contribution in [0.4, 0.5) is 0 Å². The molecule has 1 aliphatic heterocycles. The molecule has 0 aromatic heterocycles. The van der Waals surface area contributed by atoms with Gasteiger partial charge in [-0.15, -0.1) is 0 Å². The van der Waals surface area contributed by atoms with E-state index in [0.717, 1.165) is 19.5 Å². The molecule has 0 aromatic rings. The second-order valence-corrected chi connectivity index (χ2v) is 5.48. The van der Waals surface area contributed by atoms with Gasteiger partial charge in [0.05, 0.1) is 0 Å². The molecule has 17 heavy (non-hydrogen) atoms. The van der Waals surface area contributed by atoms with Crippen LogP contribution >= 0.6 is 0 Å². The summed E-state index contributed by atoms with van der Waals surface area (Å²) in [4.78, 5) is 24.8. The van der Waals surface area contributed by atoms with Crippen LogP contribution < -0.4 is 10.6 Å². The maximum Gasteiger partial charge on any atom is 0.311 e. The van der Waals surface area contributed by atoms with Crippen molar-refractivity contribution in [1.29, 1.82) is 0 Å². The van der Waals surface area contributed by atoms with Crippen molar-refractivity contribution in [3.63, 3.8) is 0 Å². The van der Waals surface area contributed by atoms with Crippen molar-refractivity contribution in [2.75, 3.05) is 44.7 Å². The van der Waals surface area contributed by atoms with E-state index in [4.69, 9.17) is 0 Å². The van der Waals surface area contributed by atoms with Crippen molar-refractivity contribution in [1.82, 2.24) is 15.5 Å². The summed E-state index contributed by atoms with van der Waals surface area (Å²) in [6, 6.07) is 0. The molecule has 1 rings (SSSR count). The summed E-state index contributed by atoms with van der Waals surface area (Å²) in [6.45, 7) is 3.04. The molecule has 1 aliphatic rings. The molecule has 0 aliphatic carbocycles. The monoisotopic (exact) mass is 261 g/mol. The van der Waals surface area contributed by atoms with Gasteiger partial charge < -0.3 is 15.5 Å². The average molecular weight is 261 g/mol. The third-order valence-corrected chi connectivity index (χ3v) is 3.28. The summed E-state index contributed by atoms with van der Waals surface area (Å²) in [5.74, 6) is -0.714. The van der Waals surface area contributed by atoms with Gasteiger partial charge in [-0.05, 0) is 13.0 Å². The van der Waals surface area contributed by atoms with E-state index in [1.54, 1.807) is 11.2 Å². The summed E-state index contributed by atoms with van der Waals surface area (Å²) >= 11 is 0. The van der Waals surface area contributed by atoms with Crippen molar-refractivity contribution >= 4 is 22.6 Å². The lowest BCUT2D eigenvalue weighted by Crippen LogP contribution is -2.45. The average Bonchev–Trinajstić information content (AvgIpc) is 2.55. The van der Waals surface area contributed by atoms with Crippen molar-refractivity contribution in [3.8, 4) is 0 Å². The first-order valence-corrected chi connectivity index (χ1v) is 7.42. The van der Waals surface area contributed by atoms with Crippen LogP contribution in [0.25, 0.3) is 0 Å². The van der Waals surface area contributed by atoms with Crippen LogP contribution in [0.15, 0.2) is 0 Å². The number of rotatable bonds is 3. The van der Waals surface area contributed by atoms with Crippen molar-refractivity contribution in [2.45, 2.75) is 6.42 Å². The van der Waals surface area contributed by atoms with E-state index in [1.165, 1.54) is 0 Å². The topological polar surface area (TPSA) is 78.5 Å². The predicted octanol–water partition coefficient (Wildman–Crippen LogP) is -1.70. The van der Waals surface area contributed by atoms with Crippen molar-refractivity contribution in [2.24, 2.45) is 0 Å². The van der Waals surface area contributed by atoms with Gasteiger partial charge in [0.25, 0.3) is 0 Å². The van der Waals surface area contributed by atoms with Crippen LogP contribution in [-0.4, -0.2) is 65.7 Å². The highest BCUT2D eigenvalue weighted by atomic mass is 32.2. The Bertz CT molecular complexity index is 301. The van der Waals surface area contributed by atoms with E-state index in [-0.39, 0.29) is 6.54 Å². The number of nitrogens with one attached hydrogen (secondary N) is 2. The van der Waals surface area contributed by atoms with Crippen LogP contribution in [0.2, 0.25) is 0 Å². The Balaban J connectivity index is 2.34. The van der Waals surface area contributed by atoms with E-state index in [0.29, 0.717) is 18.8 Å². The number of nitrogens with zero attached hydrogens (tertiary/aromatic N) is 1. The quantitative estimate of drug-likeness (QED) is 0.594. The Morgan fingerprint density at radius 1 is 1.35 bits per heavy atom. The van der Waals surface area contributed by atoms with Gasteiger partial charge in [0.2, 0.25) is 0 Å². The van der Waals surface area contributed by atoms with Crippen molar-refractivity contribution < 1.29 is 13.8 Å². The zero-order chi connectivity index (χ0) is 12.7. The summed E-state index contributed by atoms with van der Waals surface area (Å²) in [5.41, 5.74) is 0. The largest absolute Gasteiger partial charge is 0.347 e. The normalized spacial score (nSPS) is 18.3. The van der Waals surface area contributed by atoms with E-state index >= 15 is 0 Å². The second kappa shape index (κ2) is 7.39. The summed E-state index contributed by atoms with van der Waals surface area (Å²) < 4.78 is 10.8. The summed E-state index contributed by atoms with van der Waals surface area (Å²) in [5, 5.41) is 5.65. The Morgan fingerprint density at radius 3 is 2.82 bits per heavy atom. The van der Waals surface area contributed by atoms with Gasteiger partial charge >= 0.3 is 11.8 Å². The number of carbonyl (C=O) groups excluding carboxylic acids is 2. The first kappa shape index (κ1) is 14.1. The Hall–Kier alpha value is -0.950. The third kappa shape index (κ3) is 5.27. The fraction of sp³-hybridized carbons (Fsp3) is 0.800. The number of carbonyl (C=O) groups is 2. The lowest BCUT2D eigenvalue weighted by atomic mass is 10.3. The first-order chi connectivity index (χ1) is 8.11. The van der Waals surface area contributed by atoms with Crippen LogP contribution in [0.1, 0.15) is 6.42 Å². The summed E-state index contributed by atoms with van der Waals surface area (Å²) in [7, 11) is -0.952. The lowest BCUT2D eigenvalue weighted by molar-refractivity contribution is -0.145. The van der Waals surface area contributed by atoms with Crippen LogP contribution in [0.5, 0.6) is 0 Å². The second-order valence-electron chi connectivity index (χ2n) is 3.93. The lowest BCUT2D eigenvalue weighted by Gasteiger charge is -2.18. The van der Waals surface area contributed by atoms with Gasteiger partial charge in [0, 0.05) is 49.0 Å². The van der Waals surface area contributed by atoms with Gasteiger partial charge in [-0.25, -0.2) is 0 Å². The third-order valence-electron chi connectivity index (χ3n) is 2.50. The molecular formula is C10H19N3O3S. The van der Waals surface area contributed by atoms with E-state index in [1.807, 2.05) is 0 Å². The molecule has 7 heteroatoms. The van der Waals surface area contributed by atoms with Gasteiger partial charge in [-0.3, -0.25) is 13.8 Å². The predicted molar refractivity (Wildman–Crippen MR) is 66.0 cm³/mol. The number of hydrogen-bond acceptors (Lipinski definition) is 4. The van der Waals surface area contributed by atoms with Crippen LogP contribution in [0.3, 0.4) is 0 Å². The molecule has 1 unspecified atom stereocenters. The van der Waals surface area contributed by atoms with E-state index in [9.17, 15) is 13.8 Å². The highest BCUT2D eigenvalue weighted by Gasteiger charge is 2.21. The molecule has 1 heterocycles. The minimum absolute atomic E-state index is 0.278. The van der Waals surface area contributed by atoms with Crippen LogP contribution in [0, 0.1) is 0 Å². The zero-order valence-corrected chi connectivity index (χ0v) is 10.8. The minimum Gasteiger partial charge on any atom is -0.347 e. The maximum absolute atomic E-state index is 11.7. The van der Waals surface area contributed by atoms with Crippen molar-refractivity contribution in [3.05, 3.63) is 0 Å². The fourth-order valence-electron chi connectivity index (χ4n) is 1.58. The van der Waals surface area contributed by atoms with Gasteiger partial charge in [0.1, 0.15) is 0 Å². The van der Waals surface area contributed by atoms with E-state index < -0.39 is 22.6 Å². The highest BCUT2D eigenvalue weighted by molar-refractivity contribution is 7.84. The van der Waals surface area contributed by atoms with Gasteiger partial charge in [-0.1, -0.05) is 0 Å². The zero-order valence-electron chi connectivity index (χ0n) is 10.0. The smallest absolute Gasteiger partial charge is 0.311 e. The number of amides is 2. The highest BCUT2D eigenvalue weighted by Crippen LogP contribution is 1.96. The molecule has 0 radical (unpaired) electrons. The minimum atomic E-state index is -0.952. The SMILES string of the molecule is CS(=O)CCNC(=O)C(=O)N1CCCNCC1. The molecular weight excluding hydrogens is 242 g/mol. The standard InChI is InChI=1S/C10H19N3O3S/c1-17(16)8-5-12-9(14)10(15)13-6-2-3-11-4-7-13/h11H,2-8H2,1H3,(H,12,14). The Kier molecular flexibility index (Phi) is 6.13. The van der Waals surface area contributed by atoms with Gasteiger partial charge in [-0.2, -0.15) is 0 Å². The first-order valence-electron chi connectivity index (χ1n) is 5.69. The fourth-order valence-corrected chi connectivity index (χ4v) is 1.97. The molecule has 6 nitrogen and oxygen atoms in total. The molecule has 1 fully saturated rings. The molecule has 2 N–H and O–H groups in total. The molecule has 0 aromatic carbocycles. The van der Waals surface area contributed by atoms with E-state index in [2.05, 4.69) is 10.6 Å². The Morgan fingerprint density at radius 2 is 2.12 bits per heavy atom. The molecule has 98 valence electrons. The molecule has 0 saturated carbocycles. The molecule has 2 amide bonds. The molecule has 1 atom stereocenters. The molecule has 0 bridgehead atoms.